The first-order valence-electron chi connectivity index (χ1n) is 9.74. The summed E-state index contributed by atoms with van der Waals surface area (Å²) in [6.45, 7) is 2.32. The van der Waals surface area contributed by atoms with Crippen LogP contribution in [0.2, 0.25) is 0 Å². The predicted molar refractivity (Wildman–Crippen MR) is 112 cm³/mol. The molecule has 1 aliphatic heterocycles. The Kier molecular flexibility index (Phi) is 9.43. The fraction of sp³-hybridized carbons (Fsp3) is 0.550. The summed E-state index contributed by atoms with van der Waals surface area (Å²) in [6, 6.07) is 6.16. The van der Waals surface area contributed by atoms with E-state index < -0.39 is 24.0 Å². The molecule has 0 radical (unpaired) electrons. The molecule has 0 aromatic heterocycles. The van der Waals surface area contributed by atoms with E-state index in [1.807, 2.05) is 18.2 Å². The lowest BCUT2D eigenvalue weighted by molar-refractivity contribution is -0.144. The first-order valence-corrected chi connectivity index (χ1v) is 10.7. The number of ether oxygens (including phenoxy) is 2. The summed E-state index contributed by atoms with van der Waals surface area (Å²) in [6.07, 6.45) is 2.04. The second kappa shape index (κ2) is 11.8. The number of rotatable bonds is 10. The first-order chi connectivity index (χ1) is 14.0. The number of esters is 2. The molecule has 1 aromatic rings. The molecule has 1 amide bonds. The van der Waals surface area contributed by atoms with Gasteiger partial charge in [-0.25, -0.2) is 0 Å². The SMILES string of the molecule is CCOC(=O)CN1C(=O)[C@@H](NC(CCCCN)C(=O)OC)CSc2ccccc21. The Hall–Kier alpha value is -2.10. The lowest BCUT2D eigenvalue weighted by Gasteiger charge is -2.27. The molecule has 1 aromatic carbocycles. The average molecular weight is 424 g/mol. The largest absolute Gasteiger partial charge is 0.468 e. The van der Waals surface area contributed by atoms with Gasteiger partial charge in [-0.3, -0.25) is 24.6 Å². The van der Waals surface area contributed by atoms with Gasteiger partial charge >= 0.3 is 11.9 Å². The summed E-state index contributed by atoms with van der Waals surface area (Å²) in [5.74, 6) is -0.741. The number of fused-ring (bicyclic) bond motifs is 1. The molecular formula is C20H29N3O5S. The van der Waals surface area contributed by atoms with Gasteiger partial charge in [-0.2, -0.15) is 0 Å². The van der Waals surface area contributed by atoms with Gasteiger partial charge in [-0.05, 0) is 38.4 Å². The van der Waals surface area contributed by atoms with Gasteiger partial charge in [0.25, 0.3) is 0 Å². The van der Waals surface area contributed by atoms with Gasteiger partial charge in [0.1, 0.15) is 12.6 Å². The van der Waals surface area contributed by atoms with E-state index in [1.54, 1.807) is 13.0 Å². The summed E-state index contributed by atoms with van der Waals surface area (Å²) in [5.41, 5.74) is 6.21. The zero-order valence-corrected chi connectivity index (χ0v) is 17.7. The van der Waals surface area contributed by atoms with E-state index in [4.69, 9.17) is 15.2 Å². The van der Waals surface area contributed by atoms with Gasteiger partial charge in [0, 0.05) is 10.6 Å². The van der Waals surface area contributed by atoms with E-state index in [0.29, 0.717) is 24.4 Å². The van der Waals surface area contributed by atoms with Crippen molar-refractivity contribution in [3.05, 3.63) is 24.3 Å². The molecule has 9 heteroatoms. The van der Waals surface area contributed by atoms with Gasteiger partial charge < -0.3 is 15.2 Å². The Bertz CT molecular complexity index is 715. The Morgan fingerprint density at radius 2 is 2.10 bits per heavy atom. The number of para-hydroxylation sites is 1. The molecule has 2 atom stereocenters. The van der Waals surface area contributed by atoms with E-state index >= 15 is 0 Å². The van der Waals surface area contributed by atoms with E-state index in [9.17, 15) is 14.4 Å². The van der Waals surface area contributed by atoms with E-state index in [1.165, 1.54) is 23.8 Å². The van der Waals surface area contributed by atoms with Gasteiger partial charge in [0.05, 0.1) is 25.4 Å². The molecule has 0 bridgehead atoms. The standard InChI is InChI=1S/C20H29N3O5S/c1-3-28-18(24)12-23-16-9-4-5-10-17(16)29-13-15(19(23)25)22-14(20(26)27-2)8-6-7-11-21/h4-5,9-10,14-15,22H,3,6-8,11-13,21H2,1-2H3/t14?,15-/m0/s1. The second-order valence-corrected chi connectivity index (χ2v) is 7.65. The molecule has 8 nitrogen and oxygen atoms in total. The van der Waals surface area contributed by atoms with Crippen LogP contribution >= 0.6 is 11.8 Å². The fourth-order valence-electron chi connectivity index (χ4n) is 3.12. The Labute approximate surface area is 175 Å². The third kappa shape index (κ3) is 6.45. The highest BCUT2D eigenvalue weighted by Crippen LogP contribution is 2.34. The Morgan fingerprint density at radius 1 is 1.34 bits per heavy atom. The van der Waals surface area contributed by atoms with Crippen molar-refractivity contribution < 1.29 is 23.9 Å². The summed E-state index contributed by atoms with van der Waals surface area (Å²) in [5, 5.41) is 3.15. The van der Waals surface area contributed by atoms with Crippen LogP contribution in [0.4, 0.5) is 5.69 Å². The molecule has 0 aliphatic carbocycles. The van der Waals surface area contributed by atoms with Crippen LogP contribution in [-0.4, -0.2) is 62.5 Å². The number of thioether (sulfide) groups is 1. The smallest absolute Gasteiger partial charge is 0.326 e. The molecule has 1 heterocycles. The molecule has 2 rings (SSSR count). The molecule has 1 unspecified atom stereocenters. The molecule has 0 saturated carbocycles. The number of benzene rings is 1. The molecule has 0 saturated heterocycles. The number of unbranched alkanes of at least 4 members (excludes halogenated alkanes) is 1. The molecule has 160 valence electrons. The van der Waals surface area contributed by atoms with Crippen LogP contribution in [0, 0.1) is 0 Å². The van der Waals surface area contributed by atoms with Crippen LogP contribution in [0.25, 0.3) is 0 Å². The zero-order valence-electron chi connectivity index (χ0n) is 16.9. The van der Waals surface area contributed by atoms with Crippen molar-refractivity contribution in [1.82, 2.24) is 5.32 Å². The number of methoxy groups -OCH3 is 1. The van der Waals surface area contributed by atoms with Crippen molar-refractivity contribution in [2.75, 3.05) is 37.5 Å². The number of amides is 1. The summed E-state index contributed by atoms with van der Waals surface area (Å²) < 4.78 is 9.94. The monoisotopic (exact) mass is 423 g/mol. The third-order valence-electron chi connectivity index (χ3n) is 4.55. The highest BCUT2D eigenvalue weighted by molar-refractivity contribution is 7.99. The lowest BCUT2D eigenvalue weighted by Crippen LogP contribution is -2.54. The maximum absolute atomic E-state index is 13.3. The number of hydrogen-bond acceptors (Lipinski definition) is 8. The van der Waals surface area contributed by atoms with Gasteiger partial charge in [-0.1, -0.05) is 18.6 Å². The molecule has 0 spiro atoms. The minimum absolute atomic E-state index is 0.182. The number of carbonyl (C=O) groups excluding carboxylic acids is 3. The quantitative estimate of drug-likeness (QED) is 0.428. The third-order valence-corrected chi connectivity index (χ3v) is 5.71. The maximum Gasteiger partial charge on any atom is 0.326 e. The second-order valence-electron chi connectivity index (χ2n) is 6.59. The number of carbonyl (C=O) groups is 3. The normalized spacial score (nSPS) is 17.3. The topological polar surface area (TPSA) is 111 Å². The molecule has 1 aliphatic rings. The maximum atomic E-state index is 13.3. The van der Waals surface area contributed by atoms with Crippen molar-refractivity contribution >= 4 is 35.3 Å². The van der Waals surface area contributed by atoms with E-state index in [2.05, 4.69) is 5.32 Å². The van der Waals surface area contributed by atoms with Gasteiger partial charge in [0.2, 0.25) is 5.91 Å². The van der Waals surface area contributed by atoms with Crippen LogP contribution in [-0.2, 0) is 23.9 Å². The van der Waals surface area contributed by atoms with Gasteiger partial charge in [-0.15, -0.1) is 11.8 Å². The Morgan fingerprint density at radius 3 is 2.79 bits per heavy atom. The lowest BCUT2D eigenvalue weighted by atomic mass is 10.1. The van der Waals surface area contributed by atoms with Crippen LogP contribution < -0.4 is 16.0 Å². The molecule has 29 heavy (non-hydrogen) atoms. The predicted octanol–water partition coefficient (Wildman–Crippen LogP) is 1.32. The molecule has 0 fully saturated rings. The highest BCUT2D eigenvalue weighted by atomic mass is 32.2. The van der Waals surface area contributed by atoms with Crippen molar-refractivity contribution in [3.63, 3.8) is 0 Å². The number of nitrogens with one attached hydrogen (secondary N) is 1. The summed E-state index contributed by atoms with van der Waals surface area (Å²) >= 11 is 1.51. The summed E-state index contributed by atoms with van der Waals surface area (Å²) in [7, 11) is 1.33. The molecule has 3 N–H and O–H groups in total. The number of anilines is 1. The van der Waals surface area contributed by atoms with Crippen molar-refractivity contribution in [1.29, 1.82) is 0 Å². The van der Waals surface area contributed by atoms with Crippen LogP contribution in [0.3, 0.4) is 0 Å². The van der Waals surface area contributed by atoms with Crippen molar-refractivity contribution in [2.45, 2.75) is 43.2 Å². The van der Waals surface area contributed by atoms with Crippen molar-refractivity contribution in [3.8, 4) is 0 Å². The van der Waals surface area contributed by atoms with Gasteiger partial charge in [0.15, 0.2) is 0 Å². The Balaban J connectivity index is 2.23. The molecular weight excluding hydrogens is 394 g/mol. The first kappa shape index (κ1) is 23.2. The van der Waals surface area contributed by atoms with Crippen LogP contribution in [0.1, 0.15) is 26.2 Å². The fourth-order valence-corrected chi connectivity index (χ4v) is 4.20. The van der Waals surface area contributed by atoms with Crippen molar-refractivity contribution in [2.24, 2.45) is 5.73 Å². The van der Waals surface area contributed by atoms with Crippen LogP contribution in [0.5, 0.6) is 0 Å². The minimum atomic E-state index is -0.649. The highest BCUT2D eigenvalue weighted by Gasteiger charge is 2.34. The average Bonchev–Trinajstić information content (AvgIpc) is 2.85. The minimum Gasteiger partial charge on any atom is -0.468 e. The zero-order chi connectivity index (χ0) is 21.2. The van der Waals surface area contributed by atoms with E-state index in [0.717, 1.165) is 17.7 Å². The summed E-state index contributed by atoms with van der Waals surface area (Å²) in [4.78, 5) is 39.9. The number of nitrogens with two attached hydrogens (primary N) is 1. The number of hydrogen-bond donors (Lipinski definition) is 2. The van der Waals surface area contributed by atoms with Crippen LogP contribution in [0.15, 0.2) is 29.2 Å². The number of nitrogens with zero attached hydrogens (tertiary/aromatic N) is 1. The van der Waals surface area contributed by atoms with E-state index in [-0.39, 0.29) is 19.1 Å².